The summed E-state index contributed by atoms with van der Waals surface area (Å²) in [4.78, 5) is 11.4. The summed E-state index contributed by atoms with van der Waals surface area (Å²) >= 11 is 0. The highest BCUT2D eigenvalue weighted by Crippen LogP contribution is 2.44. The third kappa shape index (κ3) is 3.37. The summed E-state index contributed by atoms with van der Waals surface area (Å²) in [6.45, 7) is 8.86. The normalized spacial score (nSPS) is 25.5. The SMILES string of the molecule is CCOC(=O)CC1(C)CCC(=C(C)C)C1. The van der Waals surface area contributed by atoms with E-state index in [9.17, 15) is 4.79 Å². The molecule has 0 aromatic rings. The molecule has 0 aromatic heterocycles. The summed E-state index contributed by atoms with van der Waals surface area (Å²) < 4.78 is 5.01. The van der Waals surface area contributed by atoms with Gasteiger partial charge in [0.15, 0.2) is 0 Å². The van der Waals surface area contributed by atoms with Crippen molar-refractivity contribution in [3.05, 3.63) is 11.1 Å². The number of esters is 1. The van der Waals surface area contributed by atoms with Crippen molar-refractivity contribution in [1.82, 2.24) is 0 Å². The lowest BCUT2D eigenvalue weighted by atomic mass is 9.84. The van der Waals surface area contributed by atoms with E-state index >= 15 is 0 Å². The van der Waals surface area contributed by atoms with E-state index < -0.39 is 0 Å². The fraction of sp³-hybridized carbons (Fsp3) is 0.769. The van der Waals surface area contributed by atoms with E-state index in [1.165, 1.54) is 11.1 Å². The van der Waals surface area contributed by atoms with Crippen LogP contribution < -0.4 is 0 Å². The monoisotopic (exact) mass is 210 g/mol. The molecule has 1 saturated carbocycles. The van der Waals surface area contributed by atoms with Gasteiger partial charge in [0.2, 0.25) is 0 Å². The molecule has 1 fully saturated rings. The molecule has 1 aliphatic carbocycles. The number of carbonyl (C=O) groups is 1. The quantitative estimate of drug-likeness (QED) is 0.526. The van der Waals surface area contributed by atoms with Gasteiger partial charge in [-0.05, 0) is 45.4 Å². The van der Waals surface area contributed by atoms with Gasteiger partial charge in [-0.3, -0.25) is 4.79 Å². The average Bonchev–Trinajstić information content (AvgIpc) is 2.48. The van der Waals surface area contributed by atoms with Gasteiger partial charge in [-0.25, -0.2) is 0 Å². The van der Waals surface area contributed by atoms with E-state index in [0.717, 1.165) is 19.3 Å². The van der Waals surface area contributed by atoms with Crippen LogP contribution in [-0.4, -0.2) is 12.6 Å². The summed E-state index contributed by atoms with van der Waals surface area (Å²) in [7, 11) is 0. The Morgan fingerprint density at radius 3 is 2.60 bits per heavy atom. The highest BCUT2D eigenvalue weighted by molar-refractivity contribution is 5.70. The molecule has 0 saturated heterocycles. The average molecular weight is 210 g/mol. The van der Waals surface area contributed by atoms with Crippen molar-refractivity contribution >= 4 is 5.97 Å². The standard InChI is InChI=1S/C13H22O2/c1-5-15-12(14)9-13(4)7-6-11(8-13)10(2)3/h5-9H2,1-4H3. The zero-order valence-electron chi connectivity index (χ0n) is 10.4. The van der Waals surface area contributed by atoms with Crippen molar-refractivity contribution in [3.8, 4) is 0 Å². The Kier molecular flexibility index (Phi) is 3.95. The van der Waals surface area contributed by atoms with Crippen LogP contribution in [-0.2, 0) is 9.53 Å². The summed E-state index contributed by atoms with van der Waals surface area (Å²) in [5.74, 6) is -0.0463. The molecule has 0 amide bonds. The second-order valence-electron chi connectivity index (χ2n) is 5.07. The highest BCUT2D eigenvalue weighted by Gasteiger charge is 2.34. The molecule has 2 heteroatoms. The van der Waals surface area contributed by atoms with E-state index in [1.54, 1.807) is 0 Å². The van der Waals surface area contributed by atoms with Crippen molar-refractivity contribution in [1.29, 1.82) is 0 Å². The van der Waals surface area contributed by atoms with Crippen LogP contribution in [0.2, 0.25) is 0 Å². The summed E-state index contributed by atoms with van der Waals surface area (Å²) in [6, 6.07) is 0. The van der Waals surface area contributed by atoms with Gasteiger partial charge in [-0.15, -0.1) is 0 Å². The maximum absolute atomic E-state index is 11.4. The summed E-state index contributed by atoms with van der Waals surface area (Å²) in [5, 5.41) is 0. The van der Waals surface area contributed by atoms with Crippen LogP contribution in [0.1, 0.15) is 53.4 Å². The van der Waals surface area contributed by atoms with Crippen molar-refractivity contribution in [3.63, 3.8) is 0 Å². The minimum absolute atomic E-state index is 0.0463. The molecule has 0 N–H and O–H groups in total. The van der Waals surface area contributed by atoms with Gasteiger partial charge in [-0.2, -0.15) is 0 Å². The Hall–Kier alpha value is -0.790. The molecule has 1 atom stereocenters. The minimum atomic E-state index is -0.0463. The minimum Gasteiger partial charge on any atom is -0.466 e. The van der Waals surface area contributed by atoms with E-state index in [-0.39, 0.29) is 11.4 Å². The van der Waals surface area contributed by atoms with Gasteiger partial charge in [0.05, 0.1) is 13.0 Å². The zero-order chi connectivity index (χ0) is 11.5. The highest BCUT2D eigenvalue weighted by atomic mass is 16.5. The first-order valence-corrected chi connectivity index (χ1v) is 5.78. The molecular weight excluding hydrogens is 188 g/mol. The first-order chi connectivity index (χ1) is 6.97. The van der Waals surface area contributed by atoms with Crippen LogP contribution in [0.15, 0.2) is 11.1 Å². The van der Waals surface area contributed by atoms with Crippen LogP contribution in [0.25, 0.3) is 0 Å². The number of hydrogen-bond acceptors (Lipinski definition) is 2. The zero-order valence-corrected chi connectivity index (χ0v) is 10.4. The van der Waals surface area contributed by atoms with Crippen LogP contribution in [0.3, 0.4) is 0 Å². The molecule has 0 heterocycles. The Bertz CT molecular complexity index is 274. The van der Waals surface area contributed by atoms with Crippen LogP contribution >= 0.6 is 0 Å². The first-order valence-electron chi connectivity index (χ1n) is 5.78. The second-order valence-corrected chi connectivity index (χ2v) is 5.07. The van der Waals surface area contributed by atoms with Crippen molar-refractivity contribution in [2.75, 3.05) is 6.61 Å². The first kappa shape index (κ1) is 12.3. The molecule has 2 nitrogen and oxygen atoms in total. The van der Waals surface area contributed by atoms with Crippen molar-refractivity contribution in [2.24, 2.45) is 5.41 Å². The second kappa shape index (κ2) is 4.82. The molecule has 0 aliphatic heterocycles. The molecule has 0 radical (unpaired) electrons. The number of carbonyl (C=O) groups excluding carboxylic acids is 1. The molecule has 0 aromatic carbocycles. The van der Waals surface area contributed by atoms with E-state index in [4.69, 9.17) is 4.74 Å². The predicted octanol–water partition coefficient (Wildman–Crippen LogP) is 3.47. The fourth-order valence-electron chi connectivity index (χ4n) is 2.28. The molecule has 0 bridgehead atoms. The van der Waals surface area contributed by atoms with Gasteiger partial charge in [-0.1, -0.05) is 18.1 Å². The maximum Gasteiger partial charge on any atom is 0.306 e. The maximum atomic E-state index is 11.4. The topological polar surface area (TPSA) is 26.3 Å². The Morgan fingerprint density at radius 2 is 2.13 bits per heavy atom. The number of rotatable bonds is 3. The lowest BCUT2D eigenvalue weighted by Crippen LogP contribution is -2.18. The number of ether oxygens (including phenoxy) is 1. The Balaban J connectivity index is 2.56. The lowest BCUT2D eigenvalue weighted by Gasteiger charge is -2.21. The van der Waals surface area contributed by atoms with Crippen LogP contribution in [0, 0.1) is 5.41 Å². The van der Waals surface area contributed by atoms with E-state index in [0.29, 0.717) is 13.0 Å². The molecule has 1 unspecified atom stereocenters. The van der Waals surface area contributed by atoms with Gasteiger partial charge in [0.1, 0.15) is 0 Å². The molecule has 1 rings (SSSR count). The fourth-order valence-corrected chi connectivity index (χ4v) is 2.28. The lowest BCUT2D eigenvalue weighted by molar-refractivity contribution is -0.145. The Labute approximate surface area is 92.7 Å². The Morgan fingerprint density at radius 1 is 1.47 bits per heavy atom. The van der Waals surface area contributed by atoms with Gasteiger partial charge in [0.25, 0.3) is 0 Å². The number of allylic oxidation sites excluding steroid dienone is 2. The van der Waals surface area contributed by atoms with Gasteiger partial charge in [0, 0.05) is 0 Å². The van der Waals surface area contributed by atoms with Gasteiger partial charge < -0.3 is 4.74 Å². The summed E-state index contributed by atoms with van der Waals surface area (Å²) in [5.41, 5.74) is 3.09. The van der Waals surface area contributed by atoms with Crippen molar-refractivity contribution < 1.29 is 9.53 Å². The molecule has 1 aliphatic rings. The van der Waals surface area contributed by atoms with Crippen molar-refractivity contribution in [2.45, 2.75) is 53.4 Å². The van der Waals surface area contributed by atoms with Gasteiger partial charge >= 0.3 is 5.97 Å². The molecular formula is C13H22O2. The van der Waals surface area contributed by atoms with E-state index in [1.807, 2.05) is 6.92 Å². The predicted molar refractivity (Wildman–Crippen MR) is 61.6 cm³/mol. The molecule has 86 valence electrons. The van der Waals surface area contributed by atoms with E-state index in [2.05, 4.69) is 20.8 Å². The number of hydrogen-bond donors (Lipinski definition) is 0. The third-order valence-corrected chi connectivity index (χ3v) is 3.25. The third-order valence-electron chi connectivity index (χ3n) is 3.25. The smallest absolute Gasteiger partial charge is 0.306 e. The summed E-state index contributed by atoms with van der Waals surface area (Å²) in [6.07, 6.45) is 3.90. The van der Waals surface area contributed by atoms with Crippen LogP contribution in [0.5, 0.6) is 0 Å². The molecule has 0 spiro atoms. The van der Waals surface area contributed by atoms with Crippen LogP contribution in [0.4, 0.5) is 0 Å². The molecule has 15 heavy (non-hydrogen) atoms. The largest absolute Gasteiger partial charge is 0.466 e.